The van der Waals surface area contributed by atoms with Gasteiger partial charge in [-0.1, -0.05) is 25.2 Å². The lowest BCUT2D eigenvalue weighted by Crippen LogP contribution is -2.26. The Hall–Kier alpha value is -2.96. The lowest BCUT2D eigenvalue weighted by atomic mass is 9.90. The van der Waals surface area contributed by atoms with Crippen molar-refractivity contribution in [2.75, 3.05) is 33.9 Å². The number of allylic oxidation sites excluding steroid dienone is 1. The quantitative estimate of drug-likeness (QED) is 0.525. The standard InChI is InChI=1S/C26H33NO5/c1-6-8-18-12-21-17(3)25(32-26(21)23(13-18)31-5)19-14-20(24(29)22(15-19)30-4)16-27(9-7-2)10-11-28/h6-8,12-15,17,25,28-29H,2,9-11,16H2,1,3-5H3/t17-,25-/m1/s1. The van der Waals surface area contributed by atoms with Crippen LogP contribution in [-0.4, -0.2) is 49.0 Å². The van der Waals surface area contributed by atoms with E-state index in [4.69, 9.17) is 14.2 Å². The fraction of sp³-hybridized carbons (Fsp3) is 0.385. The third kappa shape index (κ3) is 4.76. The number of phenolic OH excluding ortho intramolecular Hbond substituents is 1. The molecule has 0 amide bonds. The number of benzene rings is 2. The summed E-state index contributed by atoms with van der Waals surface area (Å²) in [4.78, 5) is 2.01. The third-order valence-electron chi connectivity index (χ3n) is 5.80. The summed E-state index contributed by atoms with van der Waals surface area (Å²) < 4.78 is 17.5. The van der Waals surface area contributed by atoms with E-state index in [1.54, 1.807) is 13.2 Å². The second-order valence-corrected chi connectivity index (χ2v) is 7.95. The van der Waals surface area contributed by atoms with E-state index in [9.17, 15) is 10.2 Å². The van der Waals surface area contributed by atoms with Crippen LogP contribution >= 0.6 is 0 Å². The zero-order valence-corrected chi connectivity index (χ0v) is 19.3. The first-order valence-electron chi connectivity index (χ1n) is 10.8. The monoisotopic (exact) mass is 439 g/mol. The van der Waals surface area contributed by atoms with Gasteiger partial charge in [-0.3, -0.25) is 4.90 Å². The molecule has 6 heteroatoms. The molecule has 1 aliphatic rings. The number of rotatable bonds is 10. The number of aromatic hydroxyl groups is 1. The molecule has 0 fully saturated rings. The fourth-order valence-corrected chi connectivity index (χ4v) is 4.23. The highest BCUT2D eigenvalue weighted by atomic mass is 16.5. The molecule has 0 spiro atoms. The number of hydrogen-bond donors (Lipinski definition) is 2. The van der Waals surface area contributed by atoms with Gasteiger partial charge in [-0.05, 0) is 42.3 Å². The largest absolute Gasteiger partial charge is 0.504 e. The average Bonchev–Trinajstić information content (AvgIpc) is 3.11. The zero-order chi connectivity index (χ0) is 23.3. The first-order chi connectivity index (χ1) is 15.5. The topological polar surface area (TPSA) is 71.4 Å². The minimum Gasteiger partial charge on any atom is -0.504 e. The van der Waals surface area contributed by atoms with E-state index in [0.29, 0.717) is 36.7 Å². The van der Waals surface area contributed by atoms with E-state index < -0.39 is 0 Å². The Morgan fingerprint density at radius 1 is 1.16 bits per heavy atom. The Kier molecular flexibility index (Phi) is 7.83. The molecule has 6 nitrogen and oxygen atoms in total. The molecule has 0 saturated heterocycles. The van der Waals surface area contributed by atoms with Crippen molar-refractivity contribution in [3.8, 4) is 23.0 Å². The van der Waals surface area contributed by atoms with Gasteiger partial charge < -0.3 is 24.4 Å². The number of phenols is 1. The molecule has 2 aromatic rings. The van der Waals surface area contributed by atoms with E-state index in [2.05, 4.69) is 19.6 Å². The summed E-state index contributed by atoms with van der Waals surface area (Å²) in [5.41, 5.74) is 3.77. The second kappa shape index (κ2) is 10.6. The highest BCUT2D eigenvalue weighted by molar-refractivity contribution is 5.62. The molecular formula is C26H33NO5. The van der Waals surface area contributed by atoms with Gasteiger partial charge in [0.05, 0.1) is 20.8 Å². The Morgan fingerprint density at radius 3 is 2.53 bits per heavy atom. The van der Waals surface area contributed by atoms with Crippen LogP contribution in [0.25, 0.3) is 6.08 Å². The minimum absolute atomic E-state index is 0.0256. The van der Waals surface area contributed by atoms with Crippen LogP contribution in [0.5, 0.6) is 23.0 Å². The van der Waals surface area contributed by atoms with Crippen LogP contribution in [0.2, 0.25) is 0 Å². The molecule has 172 valence electrons. The second-order valence-electron chi connectivity index (χ2n) is 7.95. The van der Waals surface area contributed by atoms with Gasteiger partial charge in [0.25, 0.3) is 0 Å². The highest BCUT2D eigenvalue weighted by Gasteiger charge is 2.36. The number of hydrogen-bond acceptors (Lipinski definition) is 6. The predicted molar refractivity (Wildman–Crippen MR) is 127 cm³/mol. The van der Waals surface area contributed by atoms with E-state index >= 15 is 0 Å². The van der Waals surface area contributed by atoms with Gasteiger partial charge in [0.2, 0.25) is 0 Å². The van der Waals surface area contributed by atoms with Crippen LogP contribution in [0.3, 0.4) is 0 Å². The zero-order valence-electron chi connectivity index (χ0n) is 19.3. The van der Waals surface area contributed by atoms with Crippen molar-refractivity contribution in [1.82, 2.24) is 4.90 Å². The first-order valence-corrected chi connectivity index (χ1v) is 10.8. The molecule has 3 rings (SSSR count). The summed E-state index contributed by atoms with van der Waals surface area (Å²) >= 11 is 0. The Labute approximate surface area is 190 Å². The summed E-state index contributed by atoms with van der Waals surface area (Å²) in [5.74, 6) is 2.03. The normalized spacial score (nSPS) is 17.4. The minimum atomic E-state index is -0.251. The molecule has 0 bridgehead atoms. The number of fused-ring (bicyclic) bond motifs is 1. The van der Waals surface area contributed by atoms with Crippen LogP contribution in [0.15, 0.2) is 43.0 Å². The molecule has 0 unspecified atom stereocenters. The summed E-state index contributed by atoms with van der Waals surface area (Å²) in [7, 11) is 3.19. The maximum atomic E-state index is 10.8. The van der Waals surface area contributed by atoms with Gasteiger partial charge >= 0.3 is 0 Å². The van der Waals surface area contributed by atoms with Crippen LogP contribution in [0, 0.1) is 0 Å². The van der Waals surface area contributed by atoms with Crippen molar-refractivity contribution in [1.29, 1.82) is 0 Å². The van der Waals surface area contributed by atoms with Crippen LogP contribution < -0.4 is 14.2 Å². The lowest BCUT2D eigenvalue weighted by molar-refractivity contribution is 0.199. The number of aliphatic hydroxyl groups is 1. The molecule has 32 heavy (non-hydrogen) atoms. The number of nitrogens with zero attached hydrogens (tertiary/aromatic N) is 1. The van der Waals surface area contributed by atoms with Gasteiger partial charge in [0, 0.05) is 36.7 Å². The number of methoxy groups -OCH3 is 2. The molecule has 1 aliphatic heterocycles. The highest BCUT2D eigenvalue weighted by Crippen LogP contribution is 2.51. The summed E-state index contributed by atoms with van der Waals surface area (Å²) in [5, 5.41) is 20.1. The van der Waals surface area contributed by atoms with Crippen molar-refractivity contribution >= 4 is 6.08 Å². The Morgan fingerprint density at radius 2 is 1.91 bits per heavy atom. The van der Waals surface area contributed by atoms with Crippen LogP contribution in [0.4, 0.5) is 0 Å². The molecule has 2 N–H and O–H groups in total. The SMILES string of the molecule is C=CCN(CCO)Cc1cc([C@@H]2Oc3c(OC)cc(C=CC)cc3[C@H]2C)cc(OC)c1O. The van der Waals surface area contributed by atoms with Crippen LogP contribution in [0.1, 0.15) is 48.1 Å². The smallest absolute Gasteiger partial charge is 0.165 e. The number of aliphatic hydroxyl groups excluding tert-OH is 1. The van der Waals surface area contributed by atoms with Crippen molar-refractivity contribution in [3.05, 3.63) is 65.3 Å². The van der Waals surface area contributed by atoms with Gasteiger partial charge in [-0.2, -0.15) is 0 Å². The van der Waals surface area contributed by atoms with Crippen molar-refractivity contribution in [2.45, 2.75) is 32.4 Å². The molecule has 0 aliphatic carbocycles. The summed E-state index contributed by atoms with van der Waals surface area (Å²) in [6.07, 6.45) is 5.57. The van der Waals surface area contributed by atoms with Gasteiger partial charge in [0.1, 0.15) is 6.10 Å². The molecule has 0 aromatic heterocycles. The van der Waals surface area contributed by atoms with E-state index in [0.717, 1.165) is 22.4 Å². The van der Waals surface area contributed by atoms with Gasteiger partial charge in [-0.15, -0.1) is 6.58 Å². The molecule has 2 atom stereocenters. The maximum absolute atomic E-state index is 10.8. The summed E-state index contributed by atoms with van der Waals surface area (Å²) in [6.45, 7) is 9.45. The molecule has 1 heterocycles. The number of ether oxygens (including phenoxy) is 3. The first kappa shape index (κ1) is 23.7. The molecule has 0 radical (unpaired) electrons. The van der Waals surface area contributed by atoms with Crippen LogP contribution in [-0.2, 0) is 6.54 Å². The van der Waals surface area contributed by atoms with Gasteiger partial charge in [-0.25, -0.2) is 0 Å². The average molecular weight is 440 g/mol. The molecule has 0 saturated carbocycles. The van der Waals surface area contributed by atoms with Crippen molar-refractivity contribution in [3.63, 3.8) is 0 Å². The molecule has 2 aromatic carbocycles. The van der Waals surface area contributed by atoms with E-state index in [1.165, 1.54) is 7.11 Å². The molecular weight excluding hydrogens is 406 g/mol. The summed E-state index contributed by atoms with van der Waals surface area (Å²) in [6, 6.07) is 7.89. The van der Waals surface area contributed by atoms with Crippen molar-refractivity contribution < 1.29 is 24.4 Å². The Bertz CT molecular complexity index is 985. The lowest BCUT2D eigenvalue weighted by Gasteiger charge is -2.23. The Balaban J connectivity index is 2.00. The van der Waals surface area contributed by atoms with E-state index in [1.807, 2.05) is 42.2 Å². The maximum Gasteiger partial charge on any atom is 0.165 e. The van der Waals surface area contributed by atoms with E-state index in [-0.39, 0.29) is 24.4 Å². The van der Waals surface area contributed by atoms with Crippen molar-refractivity contribution in [2.24, 2.45) is 0 Å². The third-order valence-corrected chi connectivity index (χ3v) is 5.80. The predicted octanol–water partition coefficient (Wildman–Crippen LogP) is 4.66. The van der Waals surface area contributed by atoms with Gasteiger partial charge in [0.15, 0.2) is 23.0 Å². The fourth-order valence-electron chi connectivity index (χ4n) is 4.23.